The van der Waals surface area contributed by atoms with Gasteiger partial charge in [-0.05, 0) is 20.8 Å². The molecule has 0 saturated carbocycles. The molecule has 2 aromatic rings. The van der Waals surface area contributed by atoms with E-state index in [1.807, 2.05) is 19.9 Å². The third-order valence-corrected chi connectivity index (χ3v) is 2.18. The van der Waals surface area contributed by atoms with Gasteiger partial charge in [0.25, 0.3) is 0 Å². The molecule has 16 heavy (non-hydrogen) atoms. The van der Waals surface area contributed by atoms with Crippen molar-refractivity contribution in [2.45, 2.75) is 20.8 Å². The predicted octanol–water partition coefficient (Wildman–Crippen LogP) is 1.48. The molecule has 0 amide bonds. The first kappa shape index (κ1) is 10.5. The van der Waals surface area contributed by atoms with E-state index in [2.05, 4.69) is 15.1 Å². The van der Waals surface area contributed by atoms with Crippen molar-refractivity contribution in [2.75, 3.05) is 0 Å². The van der Waals surface area contributed by atoms with Gasteiger partial charge in [0.2, 0.25) is 0 Å². The molecule has 0 radical (unpaired) electrons. The zero-order chi connectivity index (χ0) is 11.7. The fourth-order valence-electron chi connectivity index (χ4n) is 1.44. The van der Waals surface area contributed by atoms with E-state index < -0.39 is 0 Å². The molecular weight excluding hydrogens is 204 g/mol. The summed E-state index contributed by atoms with van der Waals surface area (Å²) in [6.07, 6.45) is 3.21. The third kappa shape index (κ3) is 1.98. The van der Waals surface area contributed by atoms with E-state index in [1.54, 1.807) is 10.9 Å². The number of carbonyl (C=O) groups is 1. The summed E-state index contributed by atoms with van der Waals surface area (Å²) < 4.78 is 1.58. The van der Waals surface area contributed by atoms with Crippen LogP contribution in [0.4, 0.5) is 0 Å². The lowest BCUT2D eigenvalue weighted by Crippen LogP contribution is -2.02. The van der Waals surface area contributed by atoms with Crippen LogP contribution < -0.4 is 0 Å². The molecule has 5 heteroatoms. The molecule has 0 aliphatic rings. The molecule has 2 heterocycles. The topological polar surface area (TPSA) is 60.7 Å². The largest absolute Gasteiger partial charge is 0.294 e. The van der Waals surface area contributed by atoms with Crippen LogP contribution in [-0.4, -0.2) is 25.5 Å². The van der Waals surface area contributed by atoms with Crippen molar-refractivity contribution in [3.05, 3.63) is 35.5 Å². The van der Waals surface area contributed by atoms with Crippen LogP contribution in [0, 0.1) is 13.8 Å². The Kier molecular flexibility index (Phi) is 2.52. The maximum Gasteiger partial charge on any atom is 0.162 e. The zero-order valence-corrected chi connectivity index (χ0v) is 9.43. The zero-order valence-electron chi connectivity index (χ0n) is 9.43. The number of nitrogens with zero attached hydrogens (tertiary/aromatic N) is 4. The lowest BCUT2D eigenvalue weighted by atomic mass is 10.3. The number of aryl methyl sites for hydroxylation is 2. The average molecular weight is 216 g/mol. The number of rotatable bonds is 2. The van der Waals surface area contributed by atoms with Crippen molar-refractivity contribution in [3.8, 4) is 5.82 Å². The maximum atomic E-state index is 11.1. The van der Waals surface area contributed by atoms with Gasteiger partial charge in [0.05, 0.1) is 11.8 Å². The Balaban J connectivity index is 2.46. The van der Waals surface area contributed by atoms with E-state index >= 15 is 0 Å². The van der Waals surface area contributed by atoms with Crippen molar-refractivity contribution < 1.29 is 4.79 Å². The Morgan fingerprint density at radius 1 is 1.31 bits per heavy atom. The van der Waals surface area contributed by atoms with Gasteiger partial charge < -0.3 is 0 Å². The maximum absolute atomic E-state index is 11.1. The first-order valence-corrected chi connectivity index (χ1v) is 4.94. The van der Waals surface area contributed by atoms with Gasteiger partial charge in [0.1, 0.15) is 5.82 Å². The summed E-state index contributed by atoms with van der Waals surface area (Å²) in [5.74, 6) is 1.36. The molecule has 0 aromatic carbocycles. The molecule has 5 nitrogen and oxygen atoms in total. The summed E-state index contributed by atoms with van der Waals surface area (Å²) in [7, 11) is 0. The number of hydrogen-bond acceptors (Lipinski definition) is 4. The summed E-state index contributed by atoms with van der Waals surface area (Å²) in [6.45, 7) is 5.23. The first-order valence-electron chi connectivity index (χ1n) is 4.94. The second-order valence-corrected chi connectivity index (χ2v) is 3.64. The first-order chi connectivity index (χ1) is 7.56. The summed E-state index contributed by atoms with van der Waals surface area (Å²) >= 11 is 0. The van der Waals surface area contributed by atoms with E-state index in [0.717, 1.165) is 5.69 Å². The molecule has 0 aliphatic carbocycles. The van der Waals surface area contributed by atoms with Crippen LogP contribution in [0.1, 0.15) is 28.8 Å². The monoisotopic (exact) mass is 216 g/mol. The minimum absolute atomic E-state index is 0.00579. The summed E-state index contributed by atoms with van der Waals surface area (Å²) in [6, 6.07) is 1.82. The Morgan fingerprint density at radius 3 is 2.62 bits per heavy atom. The minimum atomic E-state index is -0.00579. The predicted molar refractivity (Wildman–Crippen MR) is 58.6 cm³/mol. The smallest absolute Gasteiger partial charge is 0.162 e. The minimum Gasteiger partial charge on any atom is -0.294 e. The second-order valence-electron chi connectivity index (χ2n) is 3.64. The number of hydrogen-bond donors (Lipinski definition) is 0. The van der Waals surface area contributed by atoms with Crippen molar-refractivity contribution in [1.29, 1.82) is 0 Å². The number of ketones is 1. The highest BCUT2D eigenvalue weighted by atomic mass is 16.1. The van der Waals surface area contributed by atoms with Gasteiger partial charge in [-0.1, -0.05) is 0 Å². The third-order valence-electron chi connectivity index (χ3n) is 2.18. The molecule has 2 rings (SSSR count). The average Bonchev–Trinajstić information content (AvgIpc) is 2.64. The summed E-state index contributed by atoms with van der Waals surface area (Å²) in [5, 5.41) is 4.10. The lowest BCUT2D eigenvalue weighted by Gasteiger charge is -2.02. The molecule has 0 atom stereocenters. The normalized spacial score (nSPS) is 10.4. The van der Waals surface area contributed by atoms with Gasteiger partial charge in [-0.15, -0.1) is 0 Å². The van der Waals surface area contributed by atoms with Crippen molar-refractivity contribution in [1.82, 2.24) is 19.7 Å². The molecule has 0 N–H and O–H groups in total. The quantitative estimate of drug-likeness (QED) is 0.713. The molecular formula is C11H12N4O. The van der Waals surface area contributed by atoms with E-state index in [9.17, 15) is 4.79 Å². The summed E-state index contributed by atoms with van der Waals surface area (Å²) in [4.78, 5) is 19.6. The fraction of sp³-hybridized carbons (Fsp3) is 0.273. The van der Waals surface area contributed by atoms with Gasteiger partial charge >= 0.3 is 0 Å². The molecule has 82 valence electrons. The van der Waals surface area contributed by atoms with E-state index in [-0.39, 0.29) is 5.78 Å². The molecule has 0 spiro atoms. The van der Waals surface area contributed by atoms with Crippen LogP contribution in [0.5, 0.6) is 0 Å². The van der Waals surface area contributed by atoms with Crippen LogP contribution in [0.25, 0.3) is 5.82 Å². The number of Topliss-reactive ketones (excluding diaryl/α,β-unsaturated/α-hetero) is 1. The molecule has 0 saturated heterocycles. The van der Waals surface area contributed by atoms with Crippen LogP contribution in [0.2, 0.25) is 0 Å². The second kappa shape index (κ2) is 3.84. The Labute approximate surface area is 93.2 Å². The Bertz CT molecular complexity index is 524. The van der Waals surface area contributed by atoms with E-state index in [0.29, 0.717) is 17.2 Å². The van der Waals surface area contributed by atoms with E-state index in [4.69, 9.17) is 0 Å². The van der Waals surface area contributed by atoms with Crippen LogP contribution in [0.3, 0.4) is 0 Å². The van der Waals surface area contributed by atoms with Gasteiger partial charge in [-0.3, -0.25) is 4.79 Å². The standard InChI is InChI=1S/C11H12N4O/c1-7-4-11(14-9(3)13-7)15-6-10(5-12-15)8(2)16/h4-6H,1-3H3. The van der Waals surface area contributed by atoms with Crippen molar-refractivity contribution in [2.24, 2.45) is 0 Å². The van der Waals surface area contributed by atoms with Gasteiger partial charge in [0, 0.05) is 18.0 Å². The molecule has 0 bridgehead atoms. The molecule has 0 unspecified atom stereocenters. The lowest BCUT2D eigenvalue weighted by molar-refractivity contribution is 0.101. The van der Waals surface area contributed by atoms with Crippen molar-refractivity contribution >= 4 is 5.78 Å². The molecule has 0 fully saturated rings. The van der Waals surface area contributed by atoms with Gasteiger partial charge in [-0.2, -0.15) is 5.10 Å². The Morgan fingerprint density at radius 2 is 2.06 bits per heavy atom. The highest BCUT2D eigenvalue weighted by molar-refractivity contribution is 5.93. The van der Waals surface area contributed by atoms with Gasteiger partial charge in [0.15, 0.2) is 11.6 Å². The fourth-order valence-corrected chi connectivity index (χ4v) is 1.44. The highest BCUT2D eigenvalue weighted by Crippen LogP contribution is 2.07. The van der Waals surface area contributed by atoms with Crippen LogP contribution in [0.15, 0.2) is 18.5 Å². The SMILES string of the molecule is CC(=O)c1cnn(-c2cc(C)nc(C)n2)c1. The summed E-state index contributed by atoms with van der Waals surface area (Å²) in [5.41, 5.74) is 1.45. The Hall–Kier alpha value is -2.04. The van der Waals surface area contributed by atoms with Crippen LogP contribution >= 0.6 is 0 Å². The van der Waals surface area contributed by atoms with E-state index in [1.165, 1.54) is 13.1 Å². The molecule has 2 aromatic heterocycles. The number of aromatic nitrogens is 4. The van der Waals surface area contributed by atoms with Gasteiger partial charge in [-0.25, -0.2) is 14.6 Å². The molecule has 0 aliphatic heterocycles. The van der Waals surface area contributed by atoms with Crippen molar-refractivity contribution in [3.63, 3.8) is 0 Å². The highest BCUT2D eigenvalue weighted by Gasteiger charge is 2.06. The number of carbonyl (C=O) groups excluding carboxylic acids is 1. The van der Waals surface area contributed by atoms with Crippen LogP contribution in [-0.2, 0) is 0 Å².